The maximum Gasteiger partial charge on any atom is 0.261 e. The van der Waals surface area contributed by atoms with Crippen molar-refractivity contribution in [1.82, 2.24) is 0 Å². The van der Waals surface area contributed by atoms with Crippen LogP contribution in [0.4, 0.5) is 11.4 Å². The average molecular weight is 355 g/mol. The van der Waals surface area contributed by atoms with Gasteiger partial charge in [-0.25, -0.2) is 8.42 Å². The molecule has 0 fully saturated rings. The molecule has 0 bridgehead atoms. The topological polar surface area (TPSA) is 72.2 Å². The summed E-state index contributed by atoms with van der Waals surface area (Å²) in [6.45, 7) is 3.75. The maximum atomic E-state index is 12.3. The van der Waals surface area contributed by atoms with Gasteiger partial charge >= 0.3 is 0 Å². The Labute approximate surface area is 127 Å². The molecule has 2 aromatic carbocycles. The van der Waals surface area contributed by atoms with Gasteiger partial charge in [0.2, 0.25) is 0 Å². The molecule has 0 radical (unpaired) electrons. The molecule has 106 valence electrons. The van der Waals surface area contributed by atoms with Crippen LogP contribution in [0.5, 0.6) is 0 Å². The molecular weight excluding hydrogens is 340 g/mol. The van der Waals surface area contributed by atoms with E-state index in [0.717, 1.165) is 15.6 Å². The average Bonchev–Trinajstić information content (AvgIpc) is 2.40. The van der Waals surface area contributed by atoms with E-state index in [9.17, 15) is 8.42 Å². The summed E-state index contributed by atoms with van der Waals surface area (Å²) < 4.78 is 28.1. The van der Waals surface area contributed by atoms with Crippen molar-refractivity contribution in [2.24, 2.45) is 0 Å². The quantitative estimate of drug-likeness (QED) is 0.829. The van der Waals surface area contributed by atoms with Crippen molar-refractivity contribution in [3.05, 3.63) is 52.0 Å². The van der Waals surface area contributed by atoms with Crippen LogP contribution in [0.3, 0.4) is 0 Å². The zero-order chi connectivity index (χ0) is 14.9. The summed E-state index contributed by atoms with van der Waals surface area (Å²) in [5.74, 6) is 0. The number of aryl methyl sites for hydroxylation is 1. The summed E-state index contributed by atoms with van der Waals surface area (Å²) in [6, 6.07) is 9.99. The predicted molar refractivity (Wildman–Crippen MR) is 85.3 cm³/mol. The lowest BCUT2D eigenvalue weighted by Crippen LogP contribution is -2.15. The maximum absolute atomic E-state index is 12.3. The summed E-state index contributed by atoms with van der Waals surface area (Å²) in [4.78, 5) is 0.195. The fourth-order valence-corrected chi connectivity index (χ4v) is 3.20. The fourth-order valence-electron chi connectivity index (χ4n) is 1.78. The minimum absolute atomic E-state index is 0.195. The Hall–Kier alpha value is -1.53. The van der Waals surface area contributed by atoms with Gasteiger partial charge in [-0.2, -0.15) is 0 Å². The van der Waals surface area contributed by atoms with E-state index in [1.54, 1.807) is 18.2 Å². The minimum atomic E-state index is -3.64. The van der Waals surface area contributed by atoms with Crippen molar-refractivity contribution in [2.45, 2.75) is 18.7 Å². The van der Waals surface area contributed by atoms with E-state index in [2.05, 4.69) is 20.7 Å². The molecule has 0 aliphatic carbocycles. The molecule has 0 aliphatic heterocycles. The number of benzene rings is 2. The van der Waals surface area contributed by atoms with E-state index in [0.29, 0.717) is 11.4 Å². The first-order valence-corrected chi connectivity index (χ1v) is 8.23. The number of anilines is 2. The summed E-state index contributed by atoms with van der Waals surface area (Å²) in [5.41, 5.74) is 8.52. The Morgan fingerprint density at radius 3 is 2.25 bits per heavy atom. The van der Waals surface area contributed by atoms with Gasteiger partial charge in [0.15, 0.2) is 0 Å². The highest BCUT2D eigenvalue weighted by Gasteiger charge is 2.17. The Kier molecular flexibility index (Phi) is 4.06. The van der Waals surface area contributed by atoms with Gasteiger partial charge in [0.25, 0.3) is 10.0 Å². The van der Waals surface area contributed by atoms with Crippen LogP contribution in [0, 0.1) is 13.8 Å². The molecule has 2 rings (SSSR count). The van der Waals surface area contributed by atoms with Crippen LogP contribution in [0.25, 0.3) is 0 Å². The summed E-state index contributed by atoms with van der Waals surface area (Å²) in [5, 5.41) is 0. The second kappa shape index (κ2) is 5.46. The molecule has 4 nitrogen and oxygen atoms in total. The molecular formula is C14H15BrN2O2S. The van der Waals surface area contributed by atoms with Crippen molar-refractivity contribution >= 4 is 37.3 Å². The van der Waals surface area contributed by atoms with Crippen LogP contribution >= 0.6 is 15.9 Å². The van der Waals surface area contributed by atoms with Crippen LogP contribution in [0.15, 0.2) is 45.8 Å². The number of hydrogen-bond donors (Lipinski definition) is 2. The zero-order valence-corrected chi connectivity index (χ0v) is 13.5. The molecule has 0 heterocycles. The van der Waals surface area contributed by atoms with E-state index in [4.69, 9.17) is 5.73 Å². The van der Waals surface area contributed by atoms with Crippen molar-refractivity contribution in [2.75, 3.05) is 10.5 Å². The zero-order valence-electron chi connectivity index (χ0n) is 11.1. The largest absolute Gasteiger partial charge is 0.397 e. The number of nitrogens with one attached hydrogen (secondary N) is 1. The van der Waals surface area contributed by atoms with E-state index < -0.39 is 10.0 Å². The van der Waals surface area contributed by atoms with E-state index >= 15 is 0 Å². The van der Waals surface area contributed by atoms with Crippen molar-refractivity contribution < 1.29 is 8.42 Å². The van der Waals surface area contributed by atoms with Crippen LogP contribution in [0.1, 0.15) is 11.1 Å². The van der Waals surface area contributed by atoms with Gasteiger partial charge in [0.1, 0.15) is 0 Å². The SMILES string of the molecule is Cc1ccc(N)c(NS(=O)(=O)c2ccc(Br)cc2)c1C. The van der Waals surface area contributed by atoms with E-state index in [-0.39, 0.29) is 4.90 Å². The highest BCUT2D eigenvalue weighted by Crippen LogP contribution is 2.28. The third-order valence-electron chi connectivity index (χ3n) is 3.13. The second-order valence-corrected chi connectivity index (χ2v) is 7.13. The predicted octanol–water partition coefficient (Wildman–Crippen LogP) is 3.45. The first kappa shape index (κ1) is 14.9. The molecule has 0 saturated heterocycles. The third kappa shape index (κ3) is 2.96. The normalized spacial score (nSPS) is 11.3. The van der Waals surface area contributed by atoms with Crippen molar-refractivity contribution in [1.29, 1.82) is 0 Å². The van der Waals surface area contributed by atoms with Gasteiger partial charge < -0.3 is 5.73 Å². The van der Waals surface area contributed by atoms with Crippen LogP contribution in [-0.2, 0) is 10.0 Å². The molecule has 0 amide bonds. The molecule has 0 aromatic heterocycles. The molecule has 0 aliphatic rings. The number of nitrogen functional groups attached to an aromatic ring is 1. The minimum Gasteiger partial charge on any atom is -0.397 e. The molecule has 0 unspecified atom stereocenters. The monoisotopic (exact) mass is 354 g/mol. The van der Waals surface area contributed by atoms with Crippen LogP contribution < -0.4 is 10.5 Å². The van der Waals surface area contributed by atoms with Crippen molar-refractivity contribution in [3.8, 4) is 0 Å². The van der Waals surface area contributed by atoms with E-state index in [1.165, 1.54) is 12.1 Å². The molecule has 2 aromatic rings. The number of hydrogen-bond acceptors (Lipinski definition) is 3. The summed E-state index contributed by atoms with van der Waals surface area (Å²) in [7, 11) is -3.64. The molecule has 0 atom stereocenters. The molecule has 0 saturated carbocycles. The van der Waals surface area contributed by atoms with Gasteiger partial charge in [0.05, 0.1) is 16.3 Å². The molecule has 6 heteroatoms. The number of sulfonamides is 1. The highest BCUT2D eigenvalue weighted by molar-refractivity contribution is 9.10. The molecule has 3 N–H and O–H groups in total. The Morgan fingerprint density at radius 2 is 1.65 bits per heavy atom. The third-order valence-corrected chi connectivity index (χ3v) is 5.02. The number of nitrogens with two attached hydrogens (primary N) is 1. The van der Waals surface area contributed by atoms with E-state index in [1.807, 2.05) is 19.9 Å². The Bertz CT molecular complexity index is 741. The number of halogens is 1. The first-order valence-electron chi connectivity index (χ1n) is 5.95. The van der Waals surface area contributed by atoms with Gasteiger partial charge in [-0.1, -0.05) is 22.0 Å². The van der Waals surface area contributed by atoms with Crippen molar-refractivity contribution in [3.63, 3.8) is 0 Å². The standard InChI is InChI=1S/C14H15BrN2O2S/c1-9-3-8-13(16)14(10(9)2)17-20(18,19)12-6-4-11(15)5-7-12/h3-8,17H,16H2,1-2H3. The Balaban J connectivity index is 2.43. The lowest BCUT2D eigenvalue weighted by Gasteiger charge is -2.14. The summed E-state index contributed by atoms with van der Waals surface area (Å²) in [6.07, 6.45) is 0. The Morgan fingerprint density at radius 1 is 1.05 bits per heavy atom. The number of rotatable bonds is 3. The first-order chi connectivity index (χ1) is 9.31. The lowest BCUT2D eigenvalue weighted by molar-refractivity contribution is 0.601. The fraction of sp³-hybridized carbons (Fsp3) is 0.143. The molecule has 20 heavy (non-hydrogen) atoms. The van der Waals surface area contributed by atoms with Gasteiger partial charge in [0, 0.05) is 4.47 Å². The summed E-state index contributed by atoms with van der Waals surface area (Å²) >= 11 is 3.28. The van der Waals surface area contributed by atoms with Gasteiger partial charge in [-0.05, 0) is 55.3 Å². The van der Waals surface area contributed by atoms with Crippen LogP contribution in [-0.4, -0.2) is 8.42 Å². The highest BCUT2D eigenvalue weighted by atomic mass is 79.9. The smallest absolute Gasteiger partial charge is 0.261 e. The van der Waals surface area contributed by atoms with Crippen LogP contribution in [0.2, 0.25) is 0 Å². The second-order valence-electron chi connectivity index (χ2n) is 4.53. The molecule has 0 spiro atoms. The lowest BCUT2D eigenvalue weighted by atomic mass is 10.1. The van der Waals surface area contributed by atoms with Gasteiger partial charge in [-0.3, -0.25) is 4.72 Å². The van der Waals surface area contributed by atoms with Gasteiger partial charge in [-0.15, -0.1) is 0 Å².